The zero-order valence-corrected chi connectivity index (χ0v) is 11.4. The minimum Gasteiger partial charge on any atom is -0.381 e. The van der Waals surface area contributed by atoms with Crippen molar-refractivity contribution < 1.29 is 14.2 Å². The summed E-state index contributed by atoms with van der Waals surface area (Å²) in [5.74, 6) is 0.519. The van der Waals surface area contributed by atoms with Gasteiger partial charge in [0.05, 0.1) is 0 Å². The highest BCUT2D eigenvalue weighted by Crippen LogP contribution is 2.18. The molecule has 1 fully saturated rings. The molecule has 1 aliphatic rings. The van der Waals surface area contributed by atoms with Gasteiger partial charge >= 0.3 is 0 Å². The van der Waals surface area contributed by atoms with Gasteiger partial charge < -0.3 is 9.64 Å². The Morgan fingerprint density at radius 3 is 3.05 bits per heavy atom. The van der Waals surface area contributed by atoms with Crippen molar-refractivity contribution in [3.05, 3.63) is 23.8 Å². The summed E-state index contributed by atoms with van der Waals surface area (Å²) in [5.41, 5.74) is 2.46. The SMILES string of the molecule is CN(Cc1ccc2nonc2c1)C(=O)C[C@H]1CCOC1. The van der Waals surface area contributed by atoms with Crippen molar-refractivity contribution in [2.24, 2.45) is 5.92 Å². The van der Waals surface area contributed by atoms with E-state index in [0.717, 1.165) is 24.1 Å². The zero-order valence-electron chi connectivity index (χ0n) is 11.4. The molecule has 6 heteroatoms. The molecule has 0 N–H and O–H groups in total. The van der Waals surface area contributed by atoms with Gasteiger partial charge in [0.15, 0.2) is 0 Å². The van der Waals surface area contributed by atoms with E-state index in [0.29, 0.717) is 31.0 Å². The predicted octanol–water partition coefficient (Wildman–Crippen LogP) is 1.61. The van der Waals surface area contributed by atoms with Gasteiger partial charge in [0.2, 0.25) is 5.91 Å². The van der Waals surface area contributed by atoms with E-state index in [4.69, 9.17) is 4.74 Å². The molecule has 6 nitrogen and oxygen atoms in total. The molecular weight excluding hydrogens is 258 g/mol. The highest BCUT2D eigenvalue weighted by molar-refractivity contribution is 5.77. The van der Waals surface area contributed by atoms with Crippen LogP contribution in [0.3, 0.4) is 0 Å². The molecular formula is C14H17N3O3. The van der Waals surface area contributed by atoms with E-state index in [1.165, 1.54) is 0 Å². The Bertz CT molecular complexity index is 604. The number of benzene rings is 1. The molecule has 1 amide bonds. The fourth-order valence-corrected chi connectivity index (χ4v) is 2.44. The maximum absolute atomic E-state index is 12.1. The van der Waals surface area contributed by atoms with Crippen LogP contribution >= 0.6 is 0 Å². The number of rotatable bonds is 4. The second-order valence-corrected chi connectivity index (χ2v) is 5.27. The van der Waals surface area contributed by atoms with Gasteiger partial charge in [-0.25, -0.2) is 4.63 Å². The molecule has 2 heterocycles. The first-order valence-electron chi connectivity index (χ1n) is 6.75. The van der Waals surface area contributed by atoms with Gasteiger partial charge in [-0.05, 0) is 40.3 Å². The van der Waals surface area contributed by atoms with Crippen LogP contribution in [-0.2, 0) is 16.1 Å². The summed E-state index contributed by atoms with van der Waals surface area (Å²) >= 11 is 0. The van der Waals surface area contributed by atoms with Crippen molar-refractivity contribution in [1.82, 2.24) is 15.2 Å². The number of hydrogen-bond acceptors (Lipinski definition) is 5. The summed E-state index contributed by atoms with van der Waals surface area (Å²) < 4.78 is 9.97. The van der Waals surface area contributed by atoms with E-state index in [1.54, 1.807) is 4.90 Å². The maximum atomic E-state index is 12.1. The second kappa shape index (κ2) is 5.58. The standard InChI is InChI=1S/C14H17N3O3/c1-17(14(18)7-11-4-5-19-9-11)8-10-2-3-12-13(6-10)16-20-15-12/h2-3,6,11H,4-5,7-9H2,1H3/t11-/m1/s1. The van der Waals surface area contributed by atoms with Crippen molar-refractivity contribution in [2.45, 2.75) is 19.4 Å². The topological polar surface area (TPSA) is 68.5 Å². The molecule has 0 spiro atoms. The molecule has 1 aliphatic heterocycles. The van der Waals surface area contributed by atoms with Crippen LogP contribution in [-0.4, -0.2) is 41.4 Å². The smallest absolute Gasteiger partial charge is 0.222 e. The number of fused-ring (bicyclic) bond motifs is 1. The molecule has 2 aromatic rings. The van der Waals surface area contributed by atoms with Crippen molar-refractivity contribution >= 4 is 16.9 Å². The van der Waals surface area contributed by atoms with Gasteiger partial charge in [-0.3, -0.25) is 4.79 Å². The third-order valence-corrected chi connectivity index (χ3v) is 3.65. The largest absolute Gasteiger partial charge is 0.381 e. The van der Waals surface area contributed by atoms with Crippen molar-refractivity contribution in [2.75, 3.05) is 20.3 Å². The van der Waals surface area contributed by atoms with Crippen LogP contribution in [0.15, 0.2) is 22.8 Å². The highest BCUT2D eigenvalue weighted by Gasteiger charge is 2.21. The van der Waals surface area contributed by atoms with E-state index in [9.17, 15) is 4.79 Å². The fourth-order valence-electron chi connectivity index (χ4n) is 2.44. The Morgan fingerprint density at radius 2 is 2.25 bits per heavy atom. The zero-order chi connectivity index (χ0) is 13.9. The summed E-state index contributed by atoms with van der Waals surface area (Å²) in [7, 11) is 1.82. The lowest BCUT2D eigenvalue weighted by atomic mass is 10.0. The predicted molar refractivity (Wildman–Crippen MR) is 71.8 cm³/mol. The number of amides is 1. The first kappa shape index (κ1) is 13.1. The lowest BCUT2D eigenvalue weighted by Crippen LogP contribution is -2.28. The number of aromatic nitrogens is 2. The van der Waals surface area contributed by atoms with Crippen molar-refractivity contribution in [3.8, 4) is 0 Å². The highest BCUT2D eigenvalue weighted by atomic mass is 16.6. The monoisotopic (exact) mass is 275 g/mol. The molecule has 1 atom stereocenters. The quantitative estimate of drug-likeness (QED) is 0.848. The number of hydrogen-bond donors (Lipinski definition) is 0. The van der Waals surface area contributed by atoms with Crippen LogP contribution < -0.4 is 0 Å². The number of carbonyl (C=O) groups is 1. The summed E-state index contributed by atoms with van der Waals surface area (Å²) in [4.78, 5) is 13.9. The maximum Gasteiger partial charge on any atom is 0.222 e. The summed E-state index contributed by atoms with van der Waals surface area (Å²) in [6, 6.07) is 5.69. The first-order valence-corrected chi connectivity index (χ1v) is 6.75. The van der Waals surface area contributed by atoms with Gasteiger partial charge in [0, 0.05) is 33.2 Å². The molecule has 106 valence electrons. The van der Waals surface area contributed by atoms with Gasteiger partial charge in [-0.15, -0.1) is 0 Å². The van der Waals surface area contributed by atoms with E-state index in [2.05, 4.69) is 14.9 Å². The van der Waals surface area contributed by atoms with E-state index in [1.807, 2.05) is 25.2 Å². The van der Waals surface area contributed by atoms with Crippen LogP contribution in [0.5, 0.6) is 0 Å². The van der Waals surface area contributed by atoms with Crippen LogP contribution in [0.4, 0.5) is 0 Å². The molecule has 0 bridgehead atoms. The molecule has 0 aliphatic carbocycles. The van der Waals surface area contributed by atoms with Gasteiger partial charge in [0.1, 0.15) is 11.0 Å². The van der Waals surface area contributed by atoms with Crippen molar-refractivity contribution in [3.63, 3.8) is 0 Å². The lowest BCUT2D eigenvalue weighted by Gasteiger charge is -2.18. The number of carbonyl (C=O) groups excluding carboxylic acids is 1. The molecule has 1 aromatic heterocycles. The molecule has 1 saturated heterocycles. The molecule has 0 unspecified atom stereocenters. The molecule has 3 rings (SSSR count). The Balaban J connectivity index is 1.61. The van der Waals surface area contributed by atoms with E-state index in [-0.39, 0.29) is 5.91 Å². The van der Waals surface area contributed by atoms with Gasteiger partial charge in [-0.2, -0.15) is 0 Å². The second-order valence-electron chi connectivity index (χ2n) is 5.27. The Labute approximate surface area is 116 Å². The third-order valence-electron chi connectivity index (χ3n) is 3.65. The van der Waals surface area contributed by atoms with Crippen LogP contribution in [0.1, 0.15) is 18.4 Å². The first-order chi connectivity index (χ1) is 9.72. The molecule has 0 saturated carbocycles. The summed E-state index contributed by atoms with van der Waals surface area (Å²) in [6.07, 6.45) is 1.54. The lowest BCUT2D eigenvalue weighted by molar-refractivity contribution is -0.131. The van der Waals surface area contributed by atoms with Crippen LogP contribution in [0.25, 0.3) is 11.0 Å². The molecule has 0 radical (unpaired) electrons. The number of ether oxygens (including phenoxy) is 1. The Morgan fingerprint density at radius 1 is 1.40 bits per heavy atom. The molecule has 1 aromatic carbocycles. The Hall–Kier alpha value is -1.95. The minimum absolute atomic E-state index is 0.152. The average Bonchev–Trinajstić information content (AvgIpc) is 3.08. The molecule has 20 heavy (non-hydrogen) atoms. The normalized spacial score (nSPS) is 18.6. The van der Waals surface area contributed by atoms with Crippen LogP contribution in [0, 0.1) is 5.92 Å². The van der Waals surface area contributed by atoms with E-state index < -0.39 is 0 Å². The van der Waals surface area contributed by atoms with Gasteiger partial charge in [0.25, 0.3) is 0 Å². The summed E-state index contributed by atoms with van der Waals surface area (Å²) in [5, 5.41) is 7.57. The van der Waals surface area contributed by atoms with E-state index >= 15 is 0 Å². The summed E-state index contributed by atoms with van der Waals surface area (Å²) in [6.45, 7) is 2.04. The van der Waals surface area contributed by atoms with Crippen LogP contribution in [0.2, 0.25) is 0 Å². The third kappa shape index (κ3) is 2.80. The fraction of sp³-hybridized carbons (Fsp3) is 0.500. The van der Waals surface area contributed by atoms with Gasteiger partial charge in [-0.1, -0.05) is 6.07 Å². The average molecular weight is 275 g/mol. The number of nitrogens with zero attached hydrogens (tertiary/aromatic N) is 3. The minimum atomic E-state index is 0.152. The Kier molecular flexibility index (Phi) is 3.64. The van der Waals surface area contributed by atoms with Crippen molar-refractivity contribution in [1.29, 1.82) is 0 Å².